The Morgan fingerprint density at radius 2 is 0.877 bits per heavy atom. The SMILES string of the molecule is CN(C(=O)NCc1c(-c2ccc(O[C@H]3CCC[C@H](OC=O)C3)cc2)nnn1C)C1CCCC1.CN(C(=O)OC1CCCC1)c1c(-c2ccc(O[C@H]3CCC[C@H](C(=O)O)C3)cc2)nnn1C.Cn1nnc(-c2ccc(O[C@H]3CCC[C@H](C(=O)O)C3)c(C(F)(F)F)n2)c1CNC(=O)OC1CCCC1.Cn1nnc(-c2ccc(O[C@H]3CCC[C@H](OC=O)C3)c(C(F)(F)F)n2)c1C1CN(C2CCCC2)C(=O)O1. The average molecular weight is 1930 g/mol. The van der Waals surface area contributed by atoms with Crippen molar-refractivity contribution in [3.05, 3.63) is 101 Å². The number of aryl methyl sites for hydroxylation is 4. The highest BCUT2D eigenvalue weighted by atomic mass is 19.4. The summed E-state index contributed by atoms with van der Waals surface area (Å²) in [4.78, 5) is 106. The standard InChI is InChI=1S/C24H28F3N5O5.C24H33N5O4.C23H28F3N5O5.C23H30N4O5/c1-31-21(19-12-32(23(34)37-19)14-5-2-3-6-14)20(29-30-31)17-9-10-18(22(28-17)24(25,26)27)36-16-8-4-7-15(11-16)35-13-33;1-28(18-6-3-4-7-18)24(31)25-15-22-23(26-27-29(22)2)17-10-12-19(13-11-17)33-21-9-5-8-20(14-21)32-16-30;1-31-17(12-27-22(34)36-14-6-2-3-7-14)19(29-30-31)16-9-10-18(20(28-16)23(24,25)26)35-15-8-4-5-13(11-15)21(32)33;1-26(23(30)32-17-7-3-4-8-17)21-20(24-25-27(21)2)15-10-12-18(13-11-15)31-19-9-5-6-16(14-19)22(28)29/h9-10,13-16,19H,2-8,11-12H2,1H3;10-13,16,18,20-21H,3-9,14-15H2,1-2H3,(H,25,31);9-10,13-15H,2-8,11-12H2,1H3,(H,27,34)(H,32,33);10-13,16-17,19H,3-9,14H2,1-2H3,(H,28,29)/t15-,16-,19?;20-,21-;13-,15-;16-,19-/m0000/s1. The smallest absolute Gasteiger partial charge is 0.437 e. The zero-order chi connectivity index (χ0) is 97.9. The maximum Gasteiger partial charge on any atom is 0.437 e. The molecule has 44 heteroatoms. The quantitative estimate of drug-likeness (QED) is 0.0201. The van der Waals surface area contributed by atoms with Gasteiger partial charge in [-0.05, 0) is 240 Å². The van der Waals surface area contributed by atoms with Crippen molar-refractivity contribution in [2.75, 3.05) is 25.5 Å². The highest BCUT2D eigenvalue weighted by Gasteiger charge is 2.45. The van der Waals surface area contributed by atoms with Gasteiger partial charge in [-0.3, -0.25) is 24.1 Å². The molecule has 9 atom stereocenters. The van der Waals surface area contributed by atoms with Crippen molar-refractivity contribution in [1.29, 1.82) is 0 Å². The molecule has 1 aliphatic heterocycles. The first-order chi connectivity index (χ1) is 66.3. The third kappa shape index (κ3) is 26.1. The number of ether oxygens (including phenoxy) is 9. The van der Waals surface area contributed by atoms with E-state index in [0.29, 0.717) is 118 Å². The number of halogens is 6. The van der Waals surface area contributed by atoms with Gasteiger partial charge in [0.25, 0.3) is 12.9 Å². The number of amides is 5. The first kappa shape index (κ1) is 101. The number of rotatable bonds is 28. The van der Waals surface area contributed by atoms with E-state index in [-0.39, 0.29) is 90.8 Å². The largest absolute Gasteiger partial charge is 0.490 e. The lowest BCUT2D eigenvalue weighted by Crippen LogP contribution is -2.42. The average Bonchev–Trinajstić information content (AvgIpc) is 1.45. The summed E-state index contributed by atoms with van der Waals surface area (Å²) in [5, 5.41) is 56.8. The Morgan fingerprint density at radius 3 is 1.40 bits per heavy atom. The Bertz CT molecular complexity index is 5460. The Morgan fingerprint density at radius 1 is 0.464 bits per heavy atom. The molecule has 1 saturated heterocycles. The van der Waals surface area contributed by atoms with Crippen molar-refractivity contribution in [3.8, 4) is 68.3 Å². The normalized spacial score (nSPS) is 22.0. The van der Waals surface area contributed by atoms with Crippen molar-refractivity contribution in [2.24, 2.45) is 40.0 Å². The van der Waals surface area contributed by atoms with Crippen molar-refractivity contribution < 1.29 is 118 Å². The number of alkyl halides is 6. The van der Waals surface area contributed by atoms with E-state index in [1.807, 2.05) is 67.5 Å². The number of alkyl carbamates (subject to hydrolysis) is 1. The number of urea groups is 1. The molecule has 138 heavy (non-hydrogen) atoms. The summed E-state index contributed by atoms with van der Waals surface area (Å²) in [5.41, 5.74) is 2.24. The van der Waals surface area contributed by atoms with E-state index >= 15 is 0 Å². The molecule has 8 aromatic rings. The van der Waals surface area contributed by atoms with Gasteiger partial charge in [-0.2, -0.15) is 26.3 Å². The number of carbonyl (C=O) groups is 8. The molecule has 9 aliphatic rings. The zero-order valence-corrected chi connectivity index (χ0v) is 78.0. The summed E-state index contributed by atoms with van der Waals surface area (Å²) in [6, 6.07) is 20.7. The number of nitrogens with zero attached hydrogens (tertiary/aromatic N) is 17. The van der Waals surface area contributed by atoms with E-state index in [1.165, 1.54) is 45.3 Å². The lowest BCUT2D eigenvalue weighted by atomic mass is 9.87. The van der Waals surface area contributed by atoms with Gasteiger partial charge in [0.1, 0.15) is 76.6 Å². The van der Waals surface area contributed by atoms with Crippen LogP contribution in [0.2, 0.25) is 0 Å². The minimum absolute atomic E-state index is 0.0217. The van der Waals surface area contributed by atoms with Crippen LogP contribution in [0.1, 0.15) is 240 Å². The van der Waals surface area contributed by atoms with Gasteiger partial charge in [0, 0.05) is 78.3 Å². The number of aromatic nitrogens is 14. The molecule has 9 fully saturated rings. The Balaban J connectivity index is 0.000000147. The molecule has 8 aliphatic carbocycles. The number of hydrogen-bond acceptors (Lipinski definition) is 27. The van der Waals surface area contributed by atoms with E-state index in [2.05, 4.69) is 61.8 Å². The fraction of sp³-hybridized carbons (Fsp3) is 0.596. The van der Waals surface area contributed by atoms with Gasteiger partial charge in [-0.1, -0.05) is 46.5 Å². The minimum atomic E-state index is -4.82. The molecule has 38 nitrogen and oxygen atoms in total. The van der Waals surface area contributed by atoms with Gasteiger partial charge >= 0.3 is 48.6 Å². The number of pyridine rings is 2. The molecular formula is C94H119F6N19O19. The maximum absolute atomic E-state index is 14.0. The molecule has 17 rings (SSSR count). The van der Waals surface area contributed by atoms with Crippen LogP contribution in [0.4, 0.5) is 51.3 Å². The van der Waals surface area contributed by atoms with Gasteiger partial charge < -0.3 is 73.3 Å². The molecule has 7 heterocycles. The second-order valence-electron chi connectivity index (χ2n) is 36.6. The zero-order valence-electron chi connectivity index (χ0n) is 78.0. The molecule has 6 aromatic heterocycles. The minimum Gasteiger partial charge on any atom is -0.490 e. The molecule has 2 aromatic carbocycles. The van der Waals surface area contributed by atoms with Gasteiger partial charge in [-0.15, -0.1) is 20.4 Å². The molecule has 746 valence electrons. The highest BCUT2D eigenvalue weighted by Crippen LogP contribution is 2.44. The molecule has 0 bridgehead atoms. The molecule has 0 spiro atoms. The summed E-state index contributed by atoms with van der Waals surface area (Å²) in [5.74, 6) is -1.59. The van der Waals surface area contributed by atoms with Crippen LogP contribution < -0.4 is 34.5 Å². The van der Waals surface area contributed by atoms with Gasteiger partial charge in [0.05, 0.1) is 66.5 Å². The van der Waals surface area contributed by atoms with Gasteiger partial charge in [-0.25, -0.2) is 47.9 Å². The topological polar surface area (TPSA) is 442 Å². The molecule has 0 radical (unpaired) electrons. The first-order valence-electron chi connectivity index (χ1n) is 47.4. The molecule has 1 unspecified atom stereocenters. The summed E-state index contributed by atoms with van der Waals surface area (Å²) < 4.78 is 140. The van der Waals surface area contributed by atoms with Crippen molar-refractivity contribution in [1.82, 2.24) is 90.4 Å². The lowest BCUT2D eigenvalue weighted by Gasteiger charge is -2.29. The number of nitrogens with one attached hydrogen (secondary N) is 2. The number of carboxylic acids is 2. The summed E-state index contributed by atoms with van der Waals surface area (Å²) in [6.07, 6.45) is 12.6. The van der Waals surface area contributed by atoms with E-state index in [9.17, 15) is 74.9 Å². The lowest BCUT2D eigenvalue weighted by molar-refractivity contribution is -0.146. The molecular weight excluding hydrogens is 1810 g/mol. The van der Waals surface area contributed by atoms with Crippen molar-refractivity contribution in [3.63, 3.8) is 0 Å². The second kappa shape index (κ2) is 46.5. The van der Waals surface area contributed by atoms with Crippen LogP contribution in [0, 0.1) is 11.8 Å². The van der Waals surface area contributed by atoms with E-state index in [4.69, 9.17) is 42.6 Å². The monoisotopic (exact) mass is 1930 g/mol. The summed E-state index contributed by atoms with van der Waals surface area (Å²) >= 11 is 0. The predicted molar refractivity (Wildman–Crippen MR) is 480 cm³/mol. The van der Waals surface area contributed by atoms with Crippen LogP contribution in [-0.4, -0.2) is 221 Å². The fourth-order valence-electron chi connectivity index (χ4n) is 19.6. The number of carboxylic acid groups (broad SMARTS) is 2. The number of hydrogen-bond donors (Lipinski definition) is 4. The second-order valence-corrected chi connectivity index (χ2v) is 36.6. The number of cyclic esters (lactones) is 1. The Labute approximate surface area is 792 Å². The number of carbonyl (C=O) groups excluding carboxylic acids is 6. The van der Waals surface area contributed by atoms with E-state index in [0.717, 1.165) is 156 Å². The van der Waals surface area contributed by atoms with Crippen LogP contribution in [0.25, 0.3) is 45.3 Å². The van der Waals surface area contributed by atoms with Crippen LogP contribution in [0.5, 0.6) is 23.0 Å². The maximum atomic E-state index is 14.0. The summed E-state index contributed by atoms with van der Waals surface area (Å²) in [7, 11) is 10.3. The Hall–Kier alpha value is -13.0. The molecule has 4 N–H and O–H groups in total. The first-order valence-corrected chi connectivity index (χ1v) is 47.4. The number of benzene rings is 2. The van der Waals surface area contributed by atoms with E-state index in [1.54, 1.807) is 42.5 Å². The fourth-order valence-corrected chi connectivity index (χ4v) is 19.6. The molecule has 8 saturated carbocycles. The van der Waals surface area contributed by atoms with Crippen molar-refractivity contribution >= 4 is 55.0 Å². The number of anilines is 1. The van der Waals surface area contributed by atoms with Crippen LogP contribution >= 0.6 is 0 Å². The van der Waals surface area contributed by atoms with Crippen LogP contribution in [-0.2, 0) is 96.5 Å². The van der Waals surface area contributed by atoms with Crippen LogP contribution in [0.15, 0.2) is 72.8 Å². The van der Waals surface area contributed by atoms with Crippen molar-refractivity contribution in [2.45, 2.75) is 298 Å². The van der Waals surface area contributed by atoms with Crippen LogP contribution in [0.3, 0.4) is 0 Å². The van der Waals surface area contributed by atoms with Gasteiger partial charge in [0.15, 0.2) is 34.8 Å². The predicted octanol–water partition coefficient (Wildman–Crippen LogP) is 15.7. The third-order valence-electron chi connectivity index (χ3n) is 27.0. The molecule has 5 amide bonds. The Kier molecular flexibility index (Phi) is 34.0. The number of aliphatic carboxylic acids is 2. The third-order valence-corrected chi connectivity index (χ3v) is 27.0. The van der Waals surface area contributed by atoms with Gasteiger partial charge in [0.2, 0.25) is 0 Å². The van der Waals surface area contributed by atoms with E-state index < -0.39 is 95.8 Å². The summed E-state index contributed by atoms with van der Waals surface area (Å²) in [6.45, 7) is 1.43. The highest BCUT2D eigenvalue weighted by molar-refractivity contribution is 5.91.